The van der Waals surface area contributed by atoms with Gasteiger partial charge in [0, 0.05) is 24.2 Å². The molecule has 4 atom stereocenters. The number of carbonyl (C=O) groups is 2. The van der Waals surface area contributed by atoms with Gasteiger partial charge in [0.2, 0.25) is 0 Å². The third-order valence-electron chi connectivity index (χ3n) is 5.72. The average Bonchev–Trinajstić information content (AvgIpc) is 2.67. The van der Waals surface area contributed by atoms with Gasteiger partial charge in [-0.1, -0.05) is 6.92 Å². The highest BCUT2D eigenvalue weighted by molar-refractivity contribution is 5.97. The predicted octanol–water partition coefficient (Wildman–Crippen LogP) is 2.34. The minimum Gasteiger partial charge on any atom is -0.317 e. The molecule has 0 amide bonds. The topological polar surface area (TPSA) is 46.2 Å². The first-order chi connectivity index (χ1) is 9.14. The van der Waals surface area contributed by atoms with Crippen molar-refractivity contribution < 1.29 is 9.59 Å². The first-order valence-electron chi connectivity index (χ1n) is 7.91. The molecular weight excluding hydrogens is 238 g/mol. The standard InChI is InChI=1S/C16H25NO2/c1-11-8-12-10-14(18)13-4-2-6-17-7-3-5-16(12,13)15(19)9-11/h11-13,17H,2-10H2,1H3/t11?,12-,13+,16-/m0/s1. The molecule has 0 radical (unpaired) electrons. The van der Waals surface area contributed by atoms with E-state index in [2.05, 4.69) is 12.2 Å². The second kappa shape index (κ2) is 5.01. The van der Waals surface area contributed by atoms with E-state index in [1.54, 1.807) is 0 Å². The van der Waals surface area contributed by atoms with E-state index in [-0.39, 0.29) is 11.3 Å². The number of rotatable bonds is 0. The summed E-state index contributed by atoms with van der Waals surface area (Å²) in [6.07, 6.45) is 6.40. The Labute approximate surface area is 115 Å². The van der Waals surface area contributed by atoms with E-state index in [9.17, 15) is 9.59 Å². The maximum absolute atomic E-state index is 12.8. The molecule has 3 fully saturated rings. The first kappa shape index (κ1) is 13.3. The molecule has 106 valence electrons. The molecular formula is C16H25NO2. The van der Waals surface area contributed by atoms with Crippen molar-refractivity contribution in [3.05, 3.63) is 0 Å². The van der Waals surface area contributed by atoms with Gasteiger partial charge in [-0.2, -0.15) is 0 Å². The summed E-state index contributed by atoms with van der Waals surface area (Å²) < 4.78 is 0. The minimum absolute atomic E-state index is 0.0393. The molecule has 1 spiro atoms. The quantitative estimate of drug-likeness (QED) is 0.729. The van der Waals surface area contributed by atoms with Crippen molar-refractivity contribution in [3.63, 3.8) is 0 Å². The van der Waals surface area contributed by atoms with Crippen molar-refractivity contribution in [2.75, 3.05) is 13.1 Å². The molecule has 2 aliphatic carbocycles. The molecule has 3 nitrogen and oxygen atoms in total. The normalized spacial score (nSPS) is 43.9. The lowest BCUT2D eigenvalue weighted by Gasteiger charge is -2.43. The molecule has 3 heteroatoms. The van der Waals surface area contributed by atoms with Crippen LogP contribution in [0.1, 0.15) is 51.9 Å². The molecule has 1 aliphatic heterocycles. The van der Waals surface area contributed by atoms with Crippen LogP contribution in [0.3, 0.4) is 0 Å². The van der Waals surface area contributed by atoms with Gasteiger partial charge in [-0.15, -0.1) is 0 Å². The molecule has 3 rings (SSSR count). The summed E-state index contributed by atoms with van der Waals surface area (Å²) in [5.41, 5.74) is -0.268. The fourth-order valence-electron chi connectivity index (χ4n) is 4.93. The van der Waals surface area contributed by atoms with Crippen LogP contribution in [0.25, 0.3) is 0 Å². The minimum atomic E-state index is -0.268. The van der Waals surface area contributed by atoms with E-state index >= 15 is 0 Å². The van der Waals surface area contributed by atoms with Gasteiger partial charge in [0.05, 0.1) is 0 Å². The van der Waals surface area contributed by atoms with Gasteiger partial charge in [0.25, 0.3) is 0 Å². The molecule has 1 saturated heterocycles. The fourth-order valence-corrected chi connectivity index (χ4v) is 4.93. The molecule has 1 N–H and O–H groups in total. The Hall–Kier alpha value is -0.700. The number of carbonyl (C=O) groups excluding carboxylic acids is 2. The monoisotopic (exact) mass is 263 g/mol. The van der Waals surface area contributed by atoms with E-state index in [1.165, 1.54) is 0 Å². The maximum Gasteiger partial charge on any atom is 0.140 e. The molecule has 0 aromatic carbocycles. The molecule has 1 heterocycles. The Morgan fingerprint density at radius 2 is 1.95 bits per heavy atom. The van der Waals surface area contributed by atoms with E-state index in [1.807, 2.05) is 0 Å². The van der Waals surface area contributed by atoms with Gasteiger partial charge in [-0.3, -0.25) is 9.59 Å². The lowest BCUT2D eigenvalue weighted by atomic mass is 9.58. The molecule has 1 unspecified atom stereocenters. The Morgan fingerprint density at radius 3 is 2.79 bits per heavy atom. The van der Waals surface area contributed by atoms with Crippen LogP contribution in [0.4, 0.5) is 0 Å². The van der Waals surface area contributed by atoms with Gasteiger partial charge in [0.15, 0.2) is 0 Å². The Morgan fingerprint density at radius 1 is 1.16 bits per heavy atom. The van der Waals surface area contributed by atoms with E-state index in [0.29, 0.717) is 36.2 Å². The largest absolute Gasteiger partial charge is 0.317 e. The Kier molecular flexibility index (Phi) is 3.50. The lowest BCUT2D eigenvalue weighted by molar-refractivity contribution is -0.142. The summed E-state index contributed by atoms with van der Waals surface area (Å²) >= 11 is 0. The van der Waals surface area contributed by atoms with Crippen LogP contribution in [0.5, 0.6) is 0 Å². The summed E-state index contributed by atoms with van der Waals surface area (Å²) in [4.78, 5) is 25.2. The van der Waals surface area contributed by atoms with Crippen LogP contribution in [-0.2, 0) is 9.59 Å². The van der Waals surface area contributed by atoms with Crippen molar-refractivity contribution in [1.29, 1.82) is 0 Å². The van der Waals surface area contributed by atoms with Gasteiger partial charge in [-0.05, 0) is 57.0 Å². The zero-order valence-corrected chi connectivity index (χ0v) is 11.9. The van der Waals surface area contributed by atoms with Crippen molar-refractivity contribution in [2.24, 2.45) is 23.2 Å². The predicted molar refractivity (Wildman–Crippen MR) is 73.8 cm³/mol. The molecule has 0 aromatic heterocycles. The van der Waals surface area contributed by atoms with Crippen LogP contribution >= 0.6 is 0 Å². The van der Waals surface area contributed by atoms with Crippen molar-refractivity contribution in [1.82, 2.24) is 5.32 Å². The van der Waals surface area contributed by atoms with Gasteiger partial charge >= 0.3 is 0 Å². The van der Waals surface area contributed by atoms with Crippen LogP contribution in [0, 0.1) is 23.2 Å². The summed E-state index contributed by atoms with van der Waals surface area (Å²) in [6.45, 7) is 4.16. The number of ketones is 2. The molecule has 3 aliphatic rings. The summed E-state index contributed by atoms with van der Waals surface area (Å²) in [5, 5.41) is 3.42. The SMILES string of the molecule is CC1CC(=O)[C@]23CCCNCCC[C@@H]2C(=O)C[C@@H]3C1. The molecule has 0 bridgehead atoms. The number of nitrogens with one attached hydrogen (secondary N) is 1. The second-order valence-electron chi connectivity index (χ2n) is 6.92. The van der Waals surface area contributed by atoms with E-state index < -0.39 is 0 Å². The molecule has 0 aromatic rings. The highest BCUT2D eigenvalue weighted by atomic mass is 16.1. The van der Waals surface area contributed by atoms with Gasteiger partial charge in [0.1, 0.15) is 11.6 Å². The zero-order chi connectivity index (χ0) is 13.5. The van der Waals surface area contributed by atoms with Crippen LogP contribution in [0.2, 0.25) is 0 Å². The fraction of sp³-hybridized carbons (Fsp3) is 0.875. The third kappa shape index (κ3) is 2.06. The van der Waals surface area contributed by atoms with Gasteiger partial charge in [-0.25, -0.2) is 0 Å². The van der Waals surface area contributed by atoms with E-state index in [4.69, 9.17) is 0 Å². The molecule has 2 saturated carbocycles. The molecule has 19 heavy (non-hydrogen) atoms. The average molecular weight is 263 g/mol. The highest BCUT2D eigenvalue weighted by Gasteiger charge is 2.59. The lowest BCUT2D eigenvalue weighted by Crippen LogP contribution is -2.45. The number of Topliss-reactive ketones (excluding diaryl/α,β-unsaturated/α-hetero) is 2. The van der Waals surface area contributed by atoms with Crippen molar-refractivity contribution in [2.45, 2.75) is 51.9 Å². The number of hydrogen-bond donors (Lipinski definition) is 1. The Bertz CT molecular complexity index is 392. The van der Waals surface area contributed by atoms with Crippen molar-refractivity contribution >= 4 is 11.6 Å². The highest BCUT2D eigenvalue weighted by Crippen LogP contribution is 2.57. The first-order valence-corrected chi connectivity index (χ1v) is 7.91. The van der Waals surface area contributed by atoms with Crippen LogP contribution < -0.4 is 5.32 Å². The smallest absolute Gasteiger partial charge is 0.140 e. The summed E-state index contributed by atoms with van der Waals surface area (Å²) in [6, 6.07) is 0. The van der Waals surface area contributed by atoms with Crippen LogP contribution in [0.15, 0.2) is 0 Å². The Balaban J connectivity index is 1.96. The van der Waals surface area contributed by atoms with Gasteiger partial charge < -0.3 is 5.32 Å². The maximum atomic E-state index is 12.8. The number of hydrogen-bond acceptors (Lipinski definition) is 3. The third-order valence-corrected chi connectivity index (χ3v) is 5.72. The van der Waals surface area contributed by atoms with Crippen LogP contribution in [-0.4, -0.2) is 24.7 Å². The van der Waals surface area contributed by atoms with Crippen molar-refractivity contribution in [3.8, 4) is 0 Å². The van der Waals surface area contributed by atoms with E-state index in [0.717, 1.165) is 45.2 Å². The summed E-state index contributed by atoms with van der Waals surface area (Å²) in [5.74, 6) is 1.65. The second-order valence-corrected chi connectivity index (χ2v) is 6.92. The zero-order valence-electron chi connectivity index (χ0n) is 11.9. The summed E-state index contributed by atoms with van der Waals surface area (Å²) in [7, 11) is 0.